The zero-order chi connectivity index (χ0) is 15.5. The lowest BCUT2D eigenvalue weighted by molar-refractivity contribution is -0.115. The topological polar surface area (TPSA) is 94.6 Å². The van der Waals surface area contributed by atoms with Crippen LogP contribution in [-0.4, -0.2) is 27.1 Å². The van der Waals surface area contributed by atoms with Crippen molar-refractivity contribution in [1.29, 1.82) is 0 Å². The van der Waals surface area contributed by atoms with Gasteiger partial charge in [-0.05, 0) is 48.2 Å². The number of aromatic carboxylic acids is 1. The van der Waals surface area contributed by atoms with Gasteiger partial charge in [-0.2, -0.15) is 0 Å². The first kappa shape index (κ1) is 14.2. The van der Waals surface area contributed by atoms with Crippen molar-refractivity contribution in [2.45, 2.75) is 0 Å². The van der Waals surface area contributed by atoms with Crippen molar-refractivity contribution in [3.8, 4) is 0 Å². The second-order valence-electron chi connectivity index (χ2n) is 4.46. The van der Waals surface area contributed by atoms with Crippen LogP contribution in [0.15, 0.2) is 52.5 Å². The van der Waals surface area contributed by atoms with E-state index in [1.807, 2.05) is 12.1 Å². The number of aromatic nitrogens is 1. The van der Waals surface area contributed by atoms with Crippen molar-refractivity contribution in [3.05, 3.63) is 58.8 Å². The van der Waals surface area contributed by atoms with E-state index in [9.17, 15) is 9.59 Å². The van der Waals surface area contributed by atoms with Crippen LogP contribution in [0.2, 0.25) is 0 Å². The SMILES string of the molecule is O=C1NC(=Nc2cccc(C(=O)O)c2)S/C1=C\c1ccc[nH]1. The Kier molecular flexibility index (Phi) is 3.80. The van der Waals surface area contributed by atoms with Gasteiger partial charge in [-0.1, -0.05) is 6.07 Å². The van der Waals surface area contributed by atoms with Crippen LogP contribution in [0.1, 0.15) is 16.1 Å². The lowest BCUT2D eigenvalue weighted by Gasteiger charge is -1.98. The fourth-order valence-electron chi connectivity index (χ4n) is 1.88. The molecule has 1 fully saturated rings. The molecule has 1 amide bonds. The molecule has 7 heteroatoms. The monoisotopic (exact) mass is 313 g/mol. The van der Waals surface area contributed by atoms with Crippen LogP contribution in [0.3, 0.4) is 0 Å². The van der Waals surface area contributed by atoms with Crippen molar-refractivity contribution in [2.75, 3.05) is 0 Å². The molecule has 3 N–H and O–H groups in total. The van der Waals surface area contributed by atoms with E-state index in [2.05, 4.69) is 15.3 Å². The van der Waals surface area contributed by atoms with Gasteiger partial charge in [0.25, 0.3) is 5.91 Å². The molecule has 0 unspecified atom stereocenters. The molecule has 1 aliphatic heterocycles. The Balaban J connectivity index is 1.83. The summed E-state index contributed by atoms with van der Waals surface area (Å²) in [6, 6.07) is 9.93. The van der Waals surface area contributed by atoms with Gasteiger partial charge in [0.2, 0.25) is 0 Å². The fourth-order valence-corrected chi connectivity index (χ4v) is 2.71. The third kappa shape index (κ3) is 3.09. The minimum atomic E-state index is -1.02. The van der Waals surface area contributed by atoms with Crippen LogP contribution in [0.25, 0.3) is 6.08 Å². The summed E-state index contributed by atoms with van der Waals surface area (Å²) < 4.78 is 0. The Morgan fingerprint density at radius 2 is 2.14 bits per heavy atom. The molecule has 0 bridgehead atoms. The molecule has 110 valence electrons. The molecule has 22 heavy (non-hydrogen) atoms. The molecule has 1 aromatic heterocycles. The van der Waals surface area contributed by atoms with E-state index < -0.39 is 5.97 Å². The number of benzene rings is 1. The van der Waals surface area contributed by atoms with Crippen LogP contribution in [0.5, 0.6) is 0 Å². The highest BCUT2D eigenvalue weighted by atomic mass is 32.2. The van der Waals surface area contributed by atoms with E-state index in [1.165, 1.54) is 23.9 Å². The third-order valence-corrected chi connectivity index (χ3v) is 3.79. The second-order valence-corrected chi connectivity index (χ2v) is 5.49. The number of amides is 1. The number of hydrogen-bond acceptors (Lipinski definition) is 4. The molecule has 1 saturated heterocycles. The number of carbonyl (C=O) groups is 2. The minimum absolute atomic E-state index is 0.151. The maximum atomic E-state index is 11.9. The predicted molar refractivity (Wildman–Crippen MR) is 85.0 cm³/mol. The summed E-state index contributed by atoms with van der Waals surface area (Å²) in [7, 11) is 0. The number of thioether (sulfide) groups is 1. The molecule has 0 saturated carbocycles. The summed E-state index contributed by atoms with van der Waals surface area (Å²) in [6.07, 6.45) is 3.51. The zero-order valence-electron chi connectivity index (χ0n) is 11.2. The number of carboxylic acids is 1. The number of nitrogens with zero attached hydrogens (tertiary/aromatic N) is 1. The number of carbonyl (C=O) groups excluding carboxylic acids is 1. The van der Waals surface area contributed by atoms with Crippen molar-refractivity contribution >= 4 is 40.6 Å². The molecule has 0 radical (unpaired) electrons. The van der Waals surface area contributed by atoms with E-state index >= 15 is 0 Å². The summed E-state index contributed by atoms with van der Waals surface area (Å²) in [4.78, 5) is 30.6. The molecular weight excluding hydrogens is 302 g/mol. The first-order valence-corrected chi connectivity index (χ1v) is 7.20. The number of carboxylic acid groups (broad SMARTS) is 1. The average Bonchev–Trinajstić information content (AvgIpc) is 3.10. The highest BCUT2D eigenvalue weighted by Gasteiger charge is 2.23. The highest BCUT2D eigenvalue weighted by Crippen LogP contribution is 2.27. The van der Waals surface area contributed by atoms with Crippen LogP contribution >= 0.6 is 11.8 Å². The summed E-state index contributed by atoms with van der Waals surface area (Å²) in [6.45, 7) is 0. The van der Waals surface area contributed by atoms with Gasteiger partial charge in [-0.3, -0.25) is 4.79 Å². The van der Waals surface area contributed by atoms with Gasteiger partial charge < -0.3 is 15.4 Å². The maximum absolute atomic E-state index is 11.9. The Bertz CT molecular complexity index is 794. The summed E-state index contributed by atoms with van der Waals surface area (Å²) in [5, 5.41) is 12.0. The smallest absolute Gasteiger partial charge is 0.335 e. The molecular formula is C15H11N3O3S. The third-order valence-electron chi connectivity index (χ3n) is 2.88. The van der Waals surface area contributed by atoms with Gasteiger partial charge >= 0.3 is 5.97 Å². The van der Waals surface area contributed by atoms with E-state index in [1.54, 1.807) is 24.4 Å². The van der Waals surface area contributed by atoms with Crippen molar-refractivity contribution in [3.63, 3.8) is 0 Å². The number of amidine groups is 1. The fraction of sp³-hybridized carbons (Fsp3) is 0. The Morgan fingerprint density at radius 1 is 1.27 bits per heavy atom. The quantitative estimate of drug-likeness (QED) is 0.759. The molecule has 6 nitrogen and oxygen atoms in total. The van der Waals surface area contributed by atoms with E-state index in [-0.39, 0.29) is 11.5 Å². The maximum Gasteiger partial charge on any atom is 0.335 e. The largest absolute Gasteiger partial charge is 0.478 e. The molecule has 2 heterocycles. The van der Waals surface area contributed by atoms with Crippen molar-refractivity contribution in [2.24, 2.45) is 4.99 Å². The molecule has 1 aromatic carbocycles. The molecule has 0 atom stereocenters. The van der Waals surface area contributed by atoms with Crippen LogP contribution in [-0.2, 0) is 4.79 Å². The number of nitrogens with one attached hydrogen (secondary N) is 2. The number of hydrogen-bond donors (Lipinski definition) is 3. The average molecular weight is 313 g/mol. The number of rotatable bonds is 3. The summed E-state index contributed by atoms with van der Waals surface area (Å²) in [5.74, 6) is -1.25. The van der Waals surface area contributed by atoms with Crippen LogP contribution < -0.4 is 5.32 Å². The van der Waals surface area contributed by atoms with Gasteiger partial charge in [0, 0.05) is 11.9 Å². The van der Waals surface area contributed by atoms with Crippen LogP contribution in [0.4, 0.5) is 5.69 Å². The first-order valence-electron chi connectivity index (χ1n) is 6.38. The molecule has 3 rings (SSSR count). The van der Waals surface area contributed by atoms with Gasteiger partial charge in [-0.15, -0.1) is 0 Å². The minimum Gasteiger partial charge on any atom is -0.478 e. The predicted octanol–water partition coefficient (Wildman–Crippen LogP) is 2.60. The van der Waals surface area contributed by atoms with Gasteiger partial charge in [0.1, 0.15) is 0 Å². The van der Waals surface area contributed by atoms with Gasteiger partial charge in [0.05, 0.1) is 16.2 Å². The number of H-pyrrole nitrogens is 1. The molecule has 1 aliphatic rings. The summed E-state index contributed by atoms with van der Waals surface area (Å²) >= 11 is 1.21. The lowest BCUT2D eigenvalue weighted by atomic mass is 10.2. The van der Waals surface area contributed by atoms with Crippen molar-refractivity contribution < 1.29 is 14.7 Å². The number of aromatic amines is 1. The zero-order valence-corrected chi connectivity index (χ0v) is 12.1. The number of aliphatic imine (C=N–C) groups is 1. The molecule has 0 aliphatic carbocycles. The Morgan fingerprint density at radius 3 is 2.86 bits per heavy atom. The first-order chi connectivity index (χ1) is 10.6. The Hall–Kier alpha value is -2.80. The molecule has 0 spiro atoms. The van der Waals surface area contributed by atoms with Gasteiger partial charge in [-0.25, -0.2) is 9.79 Å². The van der Waals surface area contributed by atoms with Gasteiger partial charge in [0.15, 0.2) is 5.17 Å². The van der Waals surface area contributed by atoms with E-state index in [0.29, 0.717) is 15.8 Å². The van der Waals surface area contributed by atoms with E-state index in [0.717, 1.165) is 5.69 Å². The standard InChI is InChI=1S/C15H11N3O3S/c19-13-12(8-10-5-2-6-16-10)22-15(18-13)17-11-4-1-3-9(7-11)14(20)21/h1-8,16H,(H,20,21)(H,17,18,19)/b12-8-. The lowest BCUT2D eigenvalue weighted by Crippen LogP contribution is -2.19. The van der Waals surface area contributed by atoms with E-state index in [4.69, 9.17) is 5.11 Å². The van der Waals surface area contributed by atoms with Crippen molar-refractivity contribution in [1.82, 2.24) is 10.3 Å². The second kappa shape index (κ2) is 5.90. The normalized spacial score (nSPS) is 17.9. The molecule has 2 aromatic rings. The highest BCUT2D eigenvalue weighted by molar-refractivity contribution is 8.18. The van der Waals surface area contributed by atoms with Crippen LogP contribution in [0, 0.1) is 0 Å². The summed E-state index contributed by atoms with van der Waals surface area (Å²) in [5.41, 5.74) is 1.45. The Labute approximate surface area is 130 Å².